The summed E-state index contributed by atoms with van der Waals surface area (Å²) in [5.41, 5.74) is 2.55. The van der Waals surface area contributed by atoms with Crippen molar-refractivity contribution >= 4 is 23.0 Å². The molecule has 0 aliphatic rings. The van der Waals surface area contributed by atoms with Gasteiger partial charge in [0.25, 0.3) is 0 Å². The number of hydrogen-bond acceptors (Lipinski definition) is 4. The first-order valence-electron chi connectivity index (χ1n) is 5.67. The number of aromatic carboxylic acids is 1. The van der Waals surface area contributed by atoms with Crippen LogP contribution in [-0.4, -0.2) is 11.1 Å². The second-order valence-electron chi connectivity index (χ2n) is 4.07. The van der Waals surface area contributed by atoms with Crippen molar-refractivity contribution in [3.63, 3.8) is 0 Å². The number of nitriles is 1. The van der Waals surface area contributed by atoms with Gasteiger partial charge in [-0.2, -0.15) is 5.26 Å². The third kappa shape index (κ3) is 3.12. The Bertz CT molecular complexity index is 656. The van der Waals surface area contributed by atoms with Gasteiger partial charge in [0, 0.05) is 17.1 Å². The van der Waals surface area contributed by atoms with Crippen molar-refractivity contribution in [3.8, 4) is 6.07 Å². The van der Waals surface area contributed by atoms with E-state index in [1.165, 1.54) is 11.3 Å². The van der Waals surface area contributed by atoms with Gasteiger partial charge in [-0.15, -0.1) is 11.3 Å². The molecule has 1 heterocycles. The first-order valence-corrected chi connectivity index (χ1v) is 6.48. The van der Waals surface area contributed by atoms with Gasteiger partial charge >= 0.3 is 5.97 Å². The number of carboxylic acids is 1. The van der Waals surface area contributed by atoms with Crippen molar-refractivity contribution in [1.29, 1.82) is 5.26 Å². The Labute approximate surface area is 114 Å². The van der Waals surface area contributed by atoms with Crippen molar-refractivity contribution < 1.29 is 9.90 Å². The number of anilines is 1. The molecule has 0 unspecified atom stereocenters. The Hall–Kier alpha value is -2.32. The molecule has 5 heteroatoms. The van der Waals surface area contributed by atoms with Crippen LogP contribution in [0.3, 0.4) is 0 Å². The summed E-state index contributed by atoms with van der Waals surface area (Å²) >= 11 is 1.25. The summed E-state index contributed by atoms with van der Waals surface area (Å²) in [7, 11) is 0. The number of rotatable bonds is 4. The normalized spacial score (nSPS) is 9.89. The average molecular weight is 272 g/mol. The highest BCUT2D eigenvalue weighted by molar-refractivity contribution is 7.13. The van der Waals surface area contributed by atoms with E-state index in [1.807, 2.05) is 13.0 Å². The SMILES string of the molecule is Cc1ccc(C#N)cc1NCc1ccc(C(=O)O)s1. The number of carboxylic acid groups (broad SMARTS) is 1. The summed E-state index contributed by atoms with van der Waals surface area (Å²) < 4.78 is 0. The minimum absolute atomic E-state index is 0.333. The molecule has 0 spiro atoms. The molecule has 1 aromatic carbocycles. The molecule has 0 aliphatic carbocycles. The lowest BCUT2D eigenvalue weighted by atomic mass is 10.1. The molecule has 0 amide bonds. The number of carbonyl (C=O) groups is 1. The largest absolute Gasteiger partial charge is 0.477 e. The molecule has 2 N–H and O–H groups in total. The zero-order chi connectivity index (χ0) is 13.8. The highest BCUT2D eigenvalue weighted by atomic mass is 32.1. The molecule has 2 aromatic rings. The van der Waals surface area contributed by atoms with Gasteiger partial charge in [-0.05, 0) is 36.8 Å². The topological polar surface area (TPSA) is 73.1 Å². The van der Waals surface area contributed by atoms with Crippen LogP contribution in [0.4, 0.5) is 5.69 Å². The predicted octanol–water partition coefficient (Wildman–Crippen LogP) is 3.24. The van der Waals surface area contributed by atoms with E-state index in [2.05, 4.69) is 11.4 Å². The molecule has 0 fully saturated rings. The van der Waals surface area contributed by atoms with Gasteiger partial charge in [0.05, 0.1) is 11.6 Å². The smallest absolute Gasteiger partial charge is 0.345 e. The maximum absolute atomic E-state index is 10.8. The van der Waals surface area contributed by atoms with E-state index in [9.17, 15) is 4.79 Å². The van der Waals surface area contributed by atoms with Crippen molar-refractivity contribution in [2.45, 2.75) is 13.5 Å². The van der Waals surface area contributed by atoms with Crippen LogP contribution in [0.25, 0.3) is 0 Å². The van der Waals surface area contributed by atoms with Gasteiger partial charge in [0.2, 0.25) is 0 Å². The fourth-order valence-electron chi connectivity index (χ4n) is 1.65. The molecule has 0 bridgehead atoms. The van der Waals surface area contributed by atoms with Crippen LogP contribution in [0.5, 0.6) is 0 Å². The predicted molar refractivity (Wildman–Crippen MR) is 74.5 cm³/mol. The lowest BCUT2D eigenvalue weighted by Gasteiger charge is -2.08. The molecule has 4 nitrogen and oxygen atoms in total. The van der Waals surface area contributed by atoms with Crippen LogP contribution in [0, 0.1) is 18.3 Å². The summed E-state index contributed by atoms with van der Waals surface area (Å²) in [5, 5.41) is 20.9. The van der Waals surface area contributed by atoms with Crippen molar-refractivity contribution in [3.05, 3.63) is 51.2 Å². The number of thiophene rings is 1. The van der Waals surface area contributed by atoms with E-state index < -0.39 is 5.97 Å². The molecule has 0 atom stereocenters. The molecule has 1 aromatic heterocycles. The van der Waals surface area contributed by atoms with Gasteiger partial charge in [0.1, 0.15) is 4.88 Å². The third-order valence-electron chi connectivity index (χ3n) is 2.69. The van der Waals surface area contributed by atoms with E-state index >= 15 is 0 Å². The summed E-state index contributed by atoms with van der Waals surface area (Å²) in [6, 6.07) is 10.9. The molecule has 0 saturated carbocycles. The molecule has 2 rings (SSSR count). The van der Waals surface area contributed by atoms with Crippen molar-refractivity contribution in [2.24, 2.45) is 0 Å². The summed E-state index contributed by atoms with van der Waals surface area (Å²) in [5.74, 6) is -0.904. The summed E-state index contributed by atoms with van der Waals surface area (Å²) in [4.78, 5) is 12.1. The Morgan fingerprint density at radius 2 is 2.21 bits per heavy atom. The summed E-state index contributed by atoms with van der Waals surface area (Å²) in [6.07, 6.45) is 0. The number of hydrogen-bond donors (Lipinski definition) is 2. The van der Waals surface area contributed by atoms with Crippen LogP contribution < -0.4 is 5.32 Å². The Balaban J connectivity index is 2.09. The maximum atomic E-state index is 10.8. The van der Waals surface area contributed by atoms with Crippen LogP contribution in [-0.2, 0) is 6.54 Å². The van der Waals surface area contributed by atoms with Gasteiger partial charge in [-0.25, -0.2) is 4.79 Å². The van der Waals surface area contributed by atoms with Crippen LogP contribution in [0.1, 0.15) is 25.7 Å². The minimum atomic E-state index is -0.904. The highest BCUT2D eigenvalue weighted by Gasteiger charge is 2.07. The molecule has 0 radical (unpaired) electrons. The van der Waals surface area contributed by atoms with E-state index in [-0.39, 0.29) is 0 Å². The number of nitrogens with zero attached hydrogens (tertiary/aromatic N) is 1. The van der Waals surface area contributed by atoms with Crippen molar-refractivity contribution in [2.75, 3.05) is 5.32 Å². The van der Waals surface area contributed by atoms with E-state index in [4.69, 9.17) is 10.4 Å². The first kappa shape index (κ1) is 13.1. The quantitative estimate of drug-likeness (QED) is 0.896. The zero-order valence-electron chi connectivity index (χ0n) is 10.3. The van der Waals surface area contributed by atoms with Gasteiger partial charge in [-0.3, -0.25) is 0 Å². The standard InChI is InChI=1S/C14H12N2O2S/c1-9-2-3-10(7-15)6-12(9)16-8-11-4-5-13(19-11)14(17)18/h2-6,16H,8H2,1H3,(H,17,18). The van der Waals surface area contributed by atoms with Gasteiger partial charge in [-0.1, -0.05) is 6.07 Å². The van der Waals surface area contributed by atoms with E-state index in [0.717, 1.165) is 16.1 Å². The second kappa shape index (κ2) is 5.55. The van der Waals surface area contributed by atoms with Crippen LogP contribution in [0.15, 0.2) is 30.3 Å². The Morgan fingerprint density at radius 3 is 2.84 bits per heavy atom. The maximum Gasteiger partial charge on any atom is 0.345 e. The first-order chi connectivity index (χ1) is 9.10. The van der Waals surface area contributed by atoms with Gasteiger partial charge < -0.3 is 10.4 Å². The number of aryl methyl sites for hydroxylation is 1. The van der Waals surface area contributed by atoms with E-state index in [1.54, 1.807) is 24.3 Å². The van der Waals surface area contributed by atoms with Gasteiger partial charge in [0.15, 0.2) is 0 Å². The fraction of sp³-hybridized carbons (Fsp3) is 0.143. The molecule has 96 valence electrons. The highest BCUT2D eigenvalue weighted by Crippen LogP contribution is 2.21. The minimum Gasteiger partial charge on any atom is -0.477 e. The zero-order valence-corrected chi connectivity index (χ0v) is 11.1. The molecule has 19 heavy (non-hydrogen) atoms. The Kier molecular flexibility index (Phi) is 3.83. The van der Waals surface area contributed by atoms with E-state index in [0.29, 0.717) is 17.0 Å². The molecular formula is C14H12N2O2S. The fourth-order valence-corrected chi connectivity index (χ4v) is 2.44. The molecular weight excluding hydrogens is 260 g/mol. The third-order valence-corrected chi connectivity index (χ3v) is 3.77. The average Bonchev–Trinajstić information content (AvgIpc) is 2.87. The van der Waals surface area contributed by atoms with Crippen molar-refractivity contribution in [1.82, 2.24) is 0 Å². The van der Waals surface area contributed by atoms with Crippen LogP contribution >= 0.6 is 11.3 Å². The molecule has 0 saturated heterocycles. The summed E-state index contributed by atoms with van der Waals surface area (Å²) in [6.45, 7) is 2.51. The molecule has 0 aliphatic heterocycles. The lowest BCUT2D eigenvalue weighted by Crippen LogP contribution is -1.99. The number of nitrogens with one attached hydrogen (secondary N) is 1. The van der Waals surface area contributed by atoms with Crippen LogP contribution in [0.2, 0.25) is 0 Å². The second-order valence-corrected chi connectivity index (χ2v) is 5.23. The Morgan fingerprint density at radius 1 is 1.42 bits per heavy atom. The lowest BCUT2D eigenvalue weighted by molar-refractivity contribution is 0.0702. The monoisotopic (exact) mass is 272 g/mol. The number of benzene rings is 1.